The molecule has 0 aromatic heterocycles. The summed E-state index contributed by atoms with van der Waals surface area (Å²) in [6.07, 6.45) is 2.42. The van der Waals surface area contributed by atoms with Crippen LogP contribution in [-0.4, -0.2) is 0 Å². The molecule has 0 radical (unpaired) electrons. The highest BCUT2D eigenvalue weighted by Gasteiger charge is 2.55. The molecule has 2 fully saturated rings. The van der Waals surface area contributed by atoms with Gasteiger partial charge in [-0.15, -0.1) is 0 Å². The van der Waals surface area contributed by atoms with Crippen LogP contribution in [0.5, 0.6) is 0 Å². The fourth-order valence-corrected chi connectivity index (χ4v) is 4.11. The molecule has 2 saturated carbocycles. The average molecular weight is 204 g/mol. The first kappa shape index (κ1) is 11.0. The highest BCUT2D eigenvalue weighted by Crippen LogP contribution is 2.64. The molecule has 0 bridgehead atoms. The minimum atomic E-state index is 0.385. The van der Waals surface area contributed by atoms with E-state index in [9.17, 15) is 0 Å². The predicted octanol–water partition coefficient (Wildman–Crippen LogP) is 4.44. The normalized spacial score (nSPS) is 50.7. The van der Waals surface area contributed by atoms with Gasteiger partial charge in [-0.2, -0.15) is 0 Å². The molecule has 0 amide bonds. The third kappa shape index (κ3) is 1.20. The molecule has 0 heterocycles. The summed E-state index contributed by atoms with van der Waals surface area (Å²) in [7, 11) is 0. The Morgan fingerprint density at radius 2 is 1.67 bits per heavy atom. The average Bonchev–Trinajstić information content (AvgIpc) is 2.53. The fraction of sp³-hybridized carbons (Fsp3) is 0.733. The standard InChI is InChI=1S/C15H24/c1-9-7-11(3)15(13(9)5)8-10(2)12(4)14(15)6/h9,12-14H,2-3,7-8H2,1,4-6H3. The molecule has 0 aliphatic heterocycles. The minimum absolute atomic E-state index is 0.385. The third-order valence-electron chi connectivity index (χ3n) is 5.62. The molecule has 0 aromatic rings. The molecule has 0 heteroatoms. The van der Waals surface area contributed by atoms with Crippen molar-refractivity contribution in [2.24, 2.45) is 29.1 Å². The van der Waals surface area contributed by atoms with E-state index in [0.29, 0.717) is 11.3 Å². The molecule has 5 unspecified atom stereocenters. The van der Waals surface area contributed by atoms with Crippen molar-refractivity contribution < 1.29 is 0 Å². The van der Waals surface area contributed by atoms with Crippen molar-refractivity contribution in [1.82, 2.24) is 0 Å². The van der Waals surface area contributed by atoms with Gasteiger partial charge in [0, 0.05) is 5.41 Å². The van der Waals surface area contributed by atoms with E-state index in [4.69, 9.17) is 0 Å². The van der Waals surface area contributed by atoms with E-state index in [-0.39, 0.29) is 0 Å². The van der Waals surface area contributed by atoms with Gasteiger partial charge in [-0.1, -0.05) is 52.0 Å². The zero-order valence-corrected chi connectivity index (χ0v) is 10.6. The lowest BCUT2D eigenvalue weighted by molar-refractivity contribution is 0.159. The zero-order valence-electron chi connectivity index (χ0n) is 10.6. The van der Waals surface area contributed by atoms with E-state index in [1.165, 1.54) is 24.0 Å². The first-order valence-corrected chi connectivity index (χ1v) is 6.27. The molecule has 0 aromatic carbocycles. The Kier molecular flexibility index (Phi) is 2.37. The predicted molar refractivity (Wildman–Crippen MR) is 66.6 cm³/mol. The summed E-state index contributed by atoms with van der Waals surface area (Å²) >= 11 is 0. The smallest absolute Gasteiger partial charge is 0.000584 e. The number of hydrogen-bond acceptors (Lipinski definition) is 0. The molecule has 5 atom stereocenters. The molecule has 1 spiro atoms. The summed E-state index contributed by atoms with van der Waals surface area (Å²) in [6.45, 7) is 18.2. The van der Waals surface area contributed by atoms with Crippen LogP contribution in [0.1, 0.15) is 40.5 Å². The number of hydrogen-bond donors (Lipinski definition) is 0. The summed E-state index contributed by atoms with van der Waals surface area (Å²) in [4.78, 5) is 0. The molecular formula is C15H24. The van der Waals surface area contributed by atoms with Gasteiger partial charge in [0.15, 0.2) is 0 Å². The van der Waals surface area contributed by atoms with Gasteiger partial charge in [-0.3, -0.25) is 0 Å². The zero-order chi connectivity index (χ0) is 11.4. The van der Waals surface area contributed by atoms with E-state index in [1.54, 1.807) is 0 Å². The number of allylic oxidation sites excluding steroid dienone is 2. The van der Waals surface area contributed by atoms with E-state index in [0.717, 1.165) is 17.8 Å². The van der Waals surface area contributed by atoms with Crippen LogP contribution >= 0.6 is 0 Å². The van der Waals surface area contributed by atoms with E-state index < -0.39 is 0 Å². The van der Waals surface area contributed by atoms with Crippen molar-refractivity contribution in [3.63, 3.8) is 0 Å². The van der Waals surface area contributed by atoms with Gasteiger partial charge in [0.25, 0.3) is 0 Å². The van der Waals surface area contributed by atoms with Crippen LogP contribution in [-0.2, 0) is 0 Å². The first-order valence-electron chi connectivity index (χ1n) is 6.27. The quantitative estimate of drug-likeness (QED) is 0.512. The van der Waals surface area contributed by atoms with Crippen molar-refractivity contribution >= 4 is 0 Å². The molecule has 2 aliphatic carbocycles. The molecular weight excluding hydrogens is 180 g/mol. The lowest BCUT2D eigenvalue weighted by Crippen LogP contribution is -2.31. The summed E-state index contributed by atoms with van der Waals surface area (Å²) in [5.41, 5.74) is 3.33. The Morgan fingerprint density at radius 1 is 1.07 bits per heavy atom. The first-order chi connectivity index (χ1) is 6.91. The Bertz CT molecular complexity index is 312. The summed E-state index contributed by atoms with van der Waals surface area (Å²) < 4.78 is 0. The lowest BCUT2D eigenvalue weighted by atomic mass is 9.67. The molecule has 15 heavy (non-hydrogen) atoms. The molecule has 84 valence electrons. The van der Waals surface area contributed by atoms with Crippen LogP contribution in [0.2, 0.25) is 0 Å². The van der Waals surface area contributed by atoms with Crippen LogP contribution in [0, 0.1) is 29.1 Å². The summed E-state index contributed by atoms with van der Waals surface area (Å²) in [5, 5.41) is 0. The van der Waals surface area contributed by atoms with Crippen molar-refractivity contribution in [2.45, 2.75) is 40.5 Å². The Hall–Kier alpha value is -0.520. The highest BCUT2D eigenvalue weighted by molar-refractivity contribution is 5.30. The second-order valence-electron chi connectivity index (χ2n) is 6.03. The van der Waals surface area contributed by atoms with Crippen LogP contribution < -0.4 is 0 Å². The summed E-state index contributed by atoms with van der Waals surface area (Å²) in [5.74, 6) is 2.99. The van der Waals surface area contributed by atoms with Crippen molar-refractivity contribution in [2.75, 3.05) is 0 Å². The van der Waals surface area contributed by atoms with E-state index >= 15 is 0 Å². The topological polar surface area (TPSA) is 0 Å². The maximum atomic E-state index is 4.37. The van der Waals surface area contributed by atoms with E-state index in [2.05, 4.69) is 40.9 Å². The third-order valence-corrected chi connectivity index (χ3v) is 5.62. The maximum absolute atomic E-state index is 4.37. The Morgan fingerprint density at radius 3 is 2.00 bits per heavy atom. The van der Waals surface area contributed by atoms with Gasteiger partial charge in [-0.25, -0.2) is 0 Å². The monoisotopic (exact) mass is 204 g/mol. The molecule has 0 N–H and O–H groups in total. The van der Waals surface area contributed by atoms with Gasteiger partial charge < -0.3 is 0 Å². The van der Waals surface area contributed by atoms with Crippen molar-refractivity contribution in [3.05, 3.63) is 24.3 Å². The Balaban J connectivity index is 2.42. The lowest BCUT2D eigenvalue weighted by Gasteiger charge is -2.37. The summed E-state index contributed by atoms with van der Waals surface area (Å²) in [6, 6.07) is 0. The van der Waals surface area contributed by atoms with Crippen molar-refractivity contribution in [1.29, 1.82) is 0 Å². The van der Waals surface area contributed by atoms with Crippen molar-refractivity contribution in [3.8, 4) is 0 Å². The maximum Gasteiger partial charge on any atom is 0.000584 e. The van der Waals surface area contributed by atoms with Gasteiger partial charge in [-0.05, 0) is 36.5 Å². The number of rotatable bonds is 0. The minimum Gasteiger partial charge on any atom is -0.0995 e. The molecule has 0 saturated heterocycles. The van der Waals surface area contributed by atoms with Crippen LogP contribution in [0.15, 0.2) is 24.3 Å². The van der Waals surface area contributed by atoms with Gasteiger partial charge in [0.2, 0.25) is 0 Å². The van der Waals surface area contributed by atoms with Crippen LogP contribution in [0.3, 0.4) is 0 Å². The Labute approximate surface area is 94.5 Å². The highest BCUT2D eigenvalue weighted by atomic mass is 14.6. The second-order valence-corrected chi connectivity index (χ2v) is 6.03. The largest absolute Gasteiger partial charge is 0.0995 e. The van der Waals surface area contributed by atoms with Gasteiger partial charge >= 0.3 is 0 Å². The SMILES string of the molecule is C=C1CC2(C(=C)CC(C)C2C)C(C)C1C. The second kappa shape index (κ2) is 3.23. The van der Waals surface area contributed by atoms with Gasteiger partial charge in [0.1, 0.15) is 0 Å². The van der Waals surface area contributed by atoms with Gasteiger partial charge in [0.05, 0.1) is 0 Å². The molecule has 2 rings (SSSR count). The van der Waals surface area contributed by atoms with Crippen LogP contribution in [0.25, 0.3) is 0 Å². The fourth-order valence-electron chi connectivity index (χ4n) is 4.11. The van der Waals surface area contributed by atoms with E-state index in [1.807, 2.05) is 0 Å². The molecule has 2 aliphatic rings. The van der Waals surface area contributed by atoms with Crippen LogP contribution in [0.4, 0.5) is 0 Å². The molecule has 0 nitrogen and oxygen atoms in total.